The van der Waals surface area contributed by atoms with Crippen molar-refractivity contribution in [3.63, 3.8) is 0 Å². The van der Waals surface area contributed by atoms with Crippen molar-refractivity contribution in [1.82, 2.24) is 5.43 Å². The largest absolute Gasteiger partial charge is 0.483 e. The number of hydrogen-bond donors (Lipinski definition) is 1. The highest BCUT2D eigenvalue weighted by Crippen LogP contribution is 2.24. The maximum Gasteiger partial charge on any atom is 0.277 e. The average molecular weight is 318 g/mol. The Kier molecular flexibility index (Phi) is 4.87. The summed E-state index contributed by atoms with van der Waals surface area (Å²) in [5, 5.41) is 6.17. The second kappa shape index (κ2) is 7.42. The van der Waals surface area contributed by atoms with E-state index in [1.807, 2.05) is 79.7 Å². The first-order valence-corrected chi connectivity index (χ1v) is 7.73. The number of ether oxygens (including phenoxy) is 1. The Morgan fingerprint density at radius 3 is 2.50 bits per heavy atom. The van der Waals surface area contributed by atoms with E-state index in [0.29, 0.717) is 5.75 Å². The molecule has 120 valence electrons. The van der Waals surface area contributed by atoms with Crippen molar-refractivity contribution in [3.05, 3.63) is 78.4 Å². The molecule has 0 aromatic heterocycles. The van der Waals surface area contributed by atoms with Crippen LogP contribution in [-0.2, 0) is 4.79 Å². The van der Waals surface area contributed by atoms with Gasteiger partial charge in [-0.3, -0.25) is 4.79 Å². The summed E-state index contributed by atoms with van der Waals surface area (Å²) in [6.07, 6.45) is 0. The van der Waals surface area contributed by atoms with Gasteiger partial charge in [0.1, 0.15) is 5.75 Å². The van der Waals surface area contributed by atoms with Crippen LogP contribution in [0.15, 0.2) is 77.9 Å². The summed E-state index contributed by atoms with van der Waals surface area (Å²) in [6.45, 7) is 1.76. The number of amides is 1. The number of nitrogens with zero attached hydrogens (tertiary/aromatic N) is 1. The third-order valence-corrected chi connectivity index (χ3v) is 3.65. The van der Waals surface area contributed by atoms with Gasteiger partial charge < -0.3 is 4.74 Å². The second-order valence-corrected chi connectivity index (χ2v) is 5.36. The van der Waals surface area contributed by atoms with Gasteiger partial charge in [-0.15, -0.1) is 0 Å². The number of nitrogens with one attached hydrogen (secondary N) is 1. The number of hydrazone groups is 1. The van der Waals surface area contributed by atoms with Crippen LogP contribution in [0.2, 0.25) is 0 Å². The smallest absolute Gasteiger partial charge is 0.277 e. The Balaban J connectivity index is 1.61. The highest BCUT2D eigenvalue weighted by Gasteiger charge is 2.05. The van der Waals surface area contributed by atoms with Crippen molar-refractivity contribution >= 4 is 22.4 Å². The third-order valence-electron chi connectivity index (χ3n) is 3.65. The molecule has 4 nitrogen and oxygen atoms in total. The van der Waals surface area contributed by atoms with E-state index < -0.39 is 0 Å². The van der Waals surface area contributed by atoms with Crippen LogP contribution in [0.3, 0.4) is 0 Å². The lowest BCUT2D eigenvalue weighted by Gasteiger charge is -2.08. The van der Waals surface area contributed by atoms with Gasteiger partial charge in [-0.1, -0.05) is 66.7 Å². The molecule has 0 bridgehead atoms. The van der Waals surface area contributed by atoms with Crippen molar-refractivity contribution in [2.45, 2.75) is 6.92 Å². The molecule has 3 aromatic rings. The minimum Gasteiger partial charge on any atom is -0.483 e. The summed E-state index contributed by atoms with van der Waals surface area (Å²) in [4.78, 5) is 11.9. The summed E-state index contributed by atoms with van der Waals surface area (Å²) in [5.74, 6) is 0.394. The van der Waals surface area contributed by atoms with Crippen LogP contribution in [0, 0.1) is 0 Å². The van der Waals surface area contributed by atoms with Crippen molar-refractivity contribution in [2.24, 2.45) is 5.10 Å². The van der Waals surface area contributed by atoms with Gasteiger partial charge in [0.2, 0.25) is 0 Å². The SMILES string of the molecule is C/C(=N\NC(=O)COc1cccc2ccccc12)c1ccccc1. The van der Waals surface area contributed by atoms with Crippen molar-refractivity contribution < 1.29 is 9.53 Å². The van der Waals surface area contributed by atoms with Crippen LogP contribution in [0.4, 0.5) is 0 Å². The summed E-state index contributed by atoms with van der Waals surface area (Å²) in [6, 6.07) is 23.4. The molecule has 4 heteroatoms. The number of rotatable bonds is 5. The van der Waals surface area contributed by atoms with Gasteiger partial charge in [-0.2, -0.15) is 5.10 Å². The van der Waals surface area contributed by atoms with Crippen LogP contribution in [0.25, 0.3) is 10.8 Å². The molecule has 0 heterocycles. The Hall–Kier alpha value is -3.14. The van der Waals surface area contributed by atoms with Crippen LogP contribution in [0.1, 0.15) is 12.5 Å². The Bertz CT molecular complexity index is 868. The summed E-state index contributed by atoms with van der Waals surface area (Å²) in [7, 11) is 0. The van der Waals surface area contributed by atoms with E-state index in [1.54, 1.807) is 0 Å². The molecule has 1 N–H and O–H groups in total. The molecule has 0 aliphatic heterocycles. The number of carbonyl (C=O) groups excluding carboxylic acids is 1. The van der Waals surface area contributed by atoms with Gasteiger partial charge in [-0.05, 0) is 23.9 Å². The fourth-order valence-corrected chi connectivity index (χ4v) is 2.39. The fourth-order valence-electron chi connectivity index (χ4n) is 2.39. The highest BCUT2D eigenvalue weighted by molar-refractivity contribution is 5.99. The normalized spacial score (nSPS) is 11.3. The molecule has 0 spiro atoms. The first kappa shape index (κ1) is 15.7. The lowest BCUT2D eigenvalue weighted by atomic mass is 10.1. The first-order valence-electron chi connectivity index (χ1n) is 7.73. The van der Waals surface area contributed by atoms with Gasteiger partial charge in [0.15, 0.2) is 6.61 Å². The number of benzene rings is 3. The van der Waals surface area contributed by atoms with E-state index in [0.717, 1.165) is 22.0 Å². The van der Waals surface area contributed by atoms with Crippen molar-refractivity contribution in [3.8, 4) is 5.75 Å². The van der Waals surface area contributed by atoms with Crippen LogP contribution in [0.5, 0.6) is 5.75 Å². The van der Waals surface area contributed by atoms with E-state index >= 15 is 0 Å². The molecule has 0 fully saturated rings. The maximum absolute atomic E-state index is 11.9. The quantitative estimate of drug-likeness (QED) is 0.575. The highest BCUT2D eigenvalue weighted by atomic mass is 16.5. The molecule has 3 rings (SSSR count). The van der Waals surface area contributed by atoms with E-state index in [4.69, 9.17) is 4.74 Å². The summed E-state index contributed by atoms with van der Waals surface area (Å²) < 4.78 is 5.64. The van der Waals surface area contributed by atoms with Crippen molar-refractivity contribution in [1.29, 1.82) is 0 Å². The average Bonchev–Trinajstić information content (AvgIpc) is 2.65. The third kappa shape index (κ3) is 3.79. The van der Waals surface area contributed by atoms with Gasteiger partial charge >= 0.3 is 0 Å². The van der Waals surface area contributed by atoms with E-state index in [2.05, 4.69) is 10.5 Å². The molecule has 0 aliphatic carbocycles. The zero-order valence-electron chi connectivity index (χ0n) is 13.4. The number of carbonyl (C=O) groups is 1. The molecule has 0 saturated heterocycles. The lowest BCUT2D eigenvalue weighted by molar-refractivity contribution is -0.123. The zero-order valence-corrected chi connectivity index (χ0v) is 13.4. The van der Waals surface area contributed by atoms with Gasteiger partial charge in [0.25, 0.3) is 5.91 Å². The van der Waals surface area contributed by atoms with Crippen LogP contribution < -0.4 is 10.2 Å². The Morgan fingerprint density at radius 2 is 1.67 bits per heavy atom. The molecule has 0 radical (unpaired) electrons. The van der Waals surface area contributed by atoms with E-state index in [9.17, 15) is 4.79 Å². The number of hydrogen-bond acceptors (Lipinski definition) is 3. The predicted molar refractivity (Wildman–Crippen MR) is 96.2 cm³/mol. The zero-order chi connectivity index (χ0) is 16.8. The second-order valence-electron chi connectivity index (χ2n) is 5.36. The van der Waals surface area contributed by atoms with Crippen LogP contribution in [-0.4, -0.2) is 18.2 Å². The summed E-state index contributed by atoms with van der Waals surface area (Å²) >= 11 is 0. The monoisotopic (exact) mass is 318 g/mol. The number of fused-ring (bicyclic) bond motifs is 1. The molecular weight excluding hydrogens is 300 g/mol. The van der Waals surface area contributed by atoms with Crippen LogP contribution >= 0.6 is 0 Å². The minimum absolute atomic E-state index is 0.0838. The van der Waals surface area contributed by atoms with Gasteiger partial charge in [-0.25, -0.2) is 5.43 Å². The molecule has 0 unspecified atom stereocenters. The Labute approximate surface area is 140 Å². The lowest BCUT2D eigenvalue weighted by Crippen LogP contribution is -2.25. The minimum atomic E-state index is -0.293. The molecule has 24 heavy (non-hydrogen) atoms. The molecule has 0 saturated carbocycles. The summed E-state index contributed by atoms with van der Waals surface area (Å²) in [5.41, 5.74) is 4.23. The standard InChI is InChI=1S/C20H18N2O2/c1-15(16-8-3-2-4-9-16)21-22-20(23)14-24-19-13-7-11-17-10-5-6-12-18(17)19/h2-13H,14H2,1H3,(H,22,23)/b21-15+. The predicted octanol–water partition coefficient (Wildman–Crippen LogP) is 3.76. The van der Waals surface area contributed by atoms with Gasteiger partial charge in [0, 0.05) is 5.39 Å². The van der Waals surface area contributed by atoms with E-state index in [-0.39, 0.29) is 12.5 Å². The first-order chi connectivity index (χ1) is 11.7. The topological polar surface area (TPSA) is 50.7 Å². The molecule has 1 amide bonds. The van der Waals surface area contributed by atoms with Crippen molar-refractivity contribution in [2.75, 3.05) is 6.61 Å². The Morgan fingerprint density at radius 1 is 0.958 bits per heavy atom. The fraction of sp³-hybridized carbons (Fsp3) is 0.100. The molecule has 0 aliphatic rings. The van der Waals surface area contributed by atoms with E-state index in [1.165, 1.54) is 0 Å². The maximum atomic E-state index is 11.9. The van der Waals surface area contributed by atoms with Gasteiger partial charge in [0.05, 0.1) is 5.71 Å². The molecule has 3 aromatic carbocycles. The molecular formula is C20H18N2O2. The molecule has 0 atom stereocenters.